The Morgan fingerprint density at radius 3 is 2.36 bits per heavy atom. The SMILES string of the molecule is C[C@H]1CN([S@@+]([O-])C(C)(C)C)[C@@H]1C(=O)O. The summed E-state index contributed by atoms with van der Waals surface area (Å²) in [6.07, 6.45) is 0. The van der Waals surface area contributed by atoms with Crippen LogP contribution >= 0.6 is 0 Å². The van der Waals surface area contributed by atoms with Gasteiger partial charge in [-0.3, -0.25) is 4.79 Å². The Morgan fingerprint density at radius 1 is 1.57 bits per heavy atom. The number of nitrogens with zero attached hydrogens (tertiary/aromatic N) is 1. The lowest BCUT2D eigenvalue weighted by atomic mass is 9.94. The molecule has 3 atom stereocenters. The number of carboxylic acids is 1. The maximum absolute atomic E-state index is 11.9. The van der Waals surface area contributed by atoms with Crippen molar-refractivity contribution in [1.82, 2.24) is 4.31 Å². The van der Waals surface area contributed by atoms with Crippen LogP contribution in [0.2, 0.25) is 0 Å². The summed E-state index contributed by atoms with van der Waals surface area (Å²) in [5, 5.41) is 8.91. The van der Waals surface area contributed by atoms with Crippen LogP contribution in [0.5, 0.6) is 0 Å². The molecule has 1 saturated heterocycles. The molecule has 1 heterocycles. The molecule has 0 radical (unpaired) electrons. The second kappa shape index (κ2) is 3.72. The van der Waals surface area contributed by atoms with Crippen LogP contribution in [0.1, 0.15) is 27.7 Å². The highest BCUT2D eigenvalue weighted by atomic mass is 32.2. The summed E-state index contributed by atoms with van der Waals surface area (Å²) < 4.78 is 13.1. The van der Waals surface area contributed by atoms with Crippen LogP contribution in [-0.2, 0) is 16.2 Å². The maximum atomic E-state index is 11.9. The molecule has 1 rings (SSSR count). The molecule has 0 bridgehead atoms. The summed E-state index contributed by atoms with van der Waals surface area (Å²) >= 11 is -1.21. The van der Waals surface area contributed by atoms with Gasteiger partial charge in [0.2, 0.25) is 0 Å². The van der Waals surface area contributed by atoms with Crippen molar-refractivity contribution < 1.29 is 14.5 Å². The second-order valence-corrected chi connectivity index (χ2v) is 6.91. The Bertz CT molecular complexity index is 239. The van der Waals surface area contributed by atoms with Crippen molar-refractivity contribution in [2.24, 2.45) is 5.92 Å². The van der Waals surface area contributed by atoms with Gasteiger partial charge < -0.3 is 9.66 Å². The molecule has 0 aliphatic carbocycles. The van der Waals surface area contributed by atoms with Gasteiger partial charge in [-0.15, -0.1) is 4.31 Å². The summed E-state index contributed by atoms with van der Waals surface area (Å²) in [7, 11) is 0. The number of rotatable bonds is 2. The molecule has 0 saturated carbocycles. The van der Waals surface area contributed by atoms with Crippen LogP contribution in [0.4, 0.5) is 0 Å². The molecule has 0 aromatic carbocycles. The van der Waals surface area contributed by atoms with E-state index in [1.54, 1.807) is 4.31 Å². The third kappa shape index (κ3) is 2.04. The normalized spacial score (nSPS) is 30.9. The van der Waals surface area contributed by atoms with E-state index in [0.717, 1.165) is 0 Å². The molecule has 0 amide bonds. The third-order valence-corrected chi connectivity index (χ3v) is 4.16. The van der Waals surface area contributed by atoms with E-state index in [4.69, 9.17) is 5.11 Å². The number of hydrogen-bond acceptors (Lipinski definition) is 3. The molecule has 0 unspecified atom stereocenters. The molecule has 14 heavy (non-hydrogen) atoms. The molecule has 82 valence electrons. The number of hydrogen-bond donors (Lipinski definition) is 1. The summed E-state index contributed by atoms with van der Waals surface area (Å²) in [6.45, 7) is 8.04. The van der Waals surface area contributed by atoms with Crippen molar-refractivity contribution in [1.29, 1.82) is 0 Å². The largest absolute Gasteiger partial charge is 0.597 e. The zero-order valence-corrected chi connectivity index (χ0v) is 9.80. The van der Waals surface area contributed by atoms with Gasteiger partial charge in [-0.05, 0) is 20.8 Å². The zero-order valence-electron chi connectivity index (χ0n) is 8.98. The molecule has 1 N–H and O–H groups in total. The number of carboxylic acid groups (broad SMARTS) is 1. The van der Waals surface area contributed by atoms with Crippen molar-refractivity contribution in [2.75, 3.05) is 6.54 Å². The second-order valence-electron chi connectivity index (χ2n) is 4.72. The average molecular weight is 219 g/mol. The van der Waals surface area contributed by atoms with Crippen molar-refractivity contribution in [3.63, 3.8) is 0 Å². The van der Waals surface area contributed by atoms with Gasteiger partial charge in [0.05, 0.1) is 6.54 Å². The van der Waals surface area contributed by atoms with Gasteiger partial charge in [0.1, 0.15) is 4.75 Å². The molecule has 1 fully saturated rings. The molecule has 1 aliphatic rings. The Hall–Kier alpha value is -0.260. The topological polar surface area (TPSA) is 63.6 Å². The first-order valence-electron chi connectivity index (χ1n) is 4.66. The Morgan fingerprint density at radius 2 is 2.07 bits per heavy atom. The van der Waals surface area contributed by atoms with Crippen molar-refractivity contribution in [3.8, 4) is 0 Å². The first-order valence-corrected chi connectivity index (χ1v) is 5.77. The van der Waals surface area contributed by atoms with E-state index in [2.05, 4.69) is 0 Å². The van der Waals surface area contributed by atoms with Crippen LogP contribution in [0.3, 0.4) is 0 Å². The fourth-order valence-corrected chi connectivity index (χ4v) is 3.11. The monoisotopic (exact) mass is 219 g/mol. The molecule has 5 heteroatoms. The molecule has 4 nitrogen and oxygen atoms in total. The van der Waals surface area contributed by atoms with Gasteiger partial charge in [-0.1, -0.05) is 6.92 Å². The minimum Gasteiger partial charge on any atom is -0.597 e. The summed E-state index contributed by atoms with van der Waals surface area (Å²) in [4.78, 5) is 10.9. The lowest BCUT2D eigenvalue weighted by Gasteiger charge is -2.45. The van der Waals surface area contributed by atoms with Crippen molar-refractivity contribution >= 4 is 17.3 Å². The summed E-state index contributed by atoms with van der Waals surface area (Å²) in [6, 6.07) is -0.574. The lowest BCUT2D eigenvalue weighted by molar-refractivity contribution is -0.147. The van der Waals surface area contributed by atoms with Gasteiger partial charge >= 0.3 is 5.97 Å². The molecular formula is C9H17NO3S. The quantitative estimate of drug-likeness (QED) is 0.699. The van der Waals surface area contributed by atoms with Crippen LogP contribution in [0, 0.1) is 5.92 Å². The fraction of sp³-hybridized carbons (Fsp3) is 0.889. The number of carbonyl (C=O) groups is 1. The Labute approximate surface area is 87.6 Å². The van der Waals surface area contributed by atoms with Gasteiger partial charge in [0.25, 0.3) is 0 Å². The van der Waals surface area contributed by atoms with Gasteiger partial charge in [0, 0.05) is 17.3 Å². The first kappa shape index (κ1) is 11.8. The van der Waals surface area contributed by atoms with E-state index in [1.807, 2.05) is 27.7 Å². The fourth-order valence-electron chi connectivity index (χ4n) is 1.53. The Kier molecular flexibility index (Phi) is 3.13. The predicted octanol–water partition coefficient (Wildman–Crippen LogP) is 0.853. The highest BCUT2D eigenvalue weighted by molar-refractivity contribution is 7.90. The zero-order chi connectivity index (χ0) is 11.1. The smallest absolute Gasteiger partial charge is 0.325 e. The average Bonchev–Trinajstić information content (AvgIpc) is 1.95. The molecular weight excluding hydrogens is 202 g/mol. The van der Waals surface area contributed by atoms with E-state index in [1.165, 1.54) is 0 Å². The minimum absolute atomic E-state index is 0.0961. The summed E-state index contributed by atoms with van der Waals surface area (Å²) in [5.41, 5.74) is 0. The molecule has 0 spiro atoms. The van der Waals surface area contributed by atoms with E-state index >= 15 is 0 Å². The Balaban J connectivity index is 2.68. The van der Waals surface area contributed by atoms with Gasteiger partial charge in [-0.2, -0.15) is 0 Å². The van der Waals surface area contributed by atoms with E-state index in [9.17, 15) is 9.35 Å². The lowest BCUT2D eigenvalue weighted by Crippen LogP contribution is -2.63. The van der Waals surface area contributed by atoms with E-state index < -0.39 is 23.4 Å². The minimum atomic E-state index is -1.21. The summed E-state index contributed by atoms with van der Waals surface area (Å²) in [5.74, 6) is -0.778. The highest BCUT2D eigenvalue weighted by Gasteiger charge is 2.51. The molecule has 0 aromatic heterocycles. The van der Waals surface area contributed by atoms with Crippen LogP contribution < -0.4 is 0 Å². The standard InChI is InChI=1S/C9H17NO3S/c1-6-5-10(7(6)8(11)12)14(13)9(2,3)4/h6-7H,5H2,1-4H3,(H,11,12)/t6-,7-,14-/m0/s1. The van der Waals surface area contributed by atoms with E-state index in [-0.39, 0.29) is 10.7 Å². The van der Waals surface area contributed by atoms with Gasteiger partial charge in [0.15, 0.2) is 6.04 Å². The molecule has 0 aromatic rings. The van der Waals surface area contributed by atoms with Crippen molar-refractivity contribution in [3.05, 3.63) is 0 Å². The van der Waals surface area contributed by atoms with E-state index in [0.29, 0.717) is 6.54 Å². The van der Waals surface area contributed by atoms with Crippen molar-refractivity contribution in [2.45, 2.75) is 38.5 Å². The third-order valence-electron chi connectivity index (χ3n) is 2.31. The predicted molar refractivity (Wildman–Crippen MR) is 55.2 cm³/mol. The molecule has 1 aliphatic heterocycles. The van der Waals surface area contributed by atoms with Crippen LogP contribution in [-0.4, -0.2) is 37.3 Å². The highest BCUT2D eigenvalue weighted by Crippen LogP contribution is 2.33. The van der Waals surface area contributed by atoms with Crippen LogP contribution in [0.25, 0.3) is 0 Å². The van der Waals surface area contributed by atoms with Crippen LogP contribution in [0.15, 0.2) is 0 Å². The maximum Gasteiger partial charge on any atom is 0.325 e. The number of aliphatic carboxylic acids is 1. The first-order chi connectivity index (χ1) is 6.25. The van der Waals surface area contributed by atoms with Gasteiger partial charge in [-0.25, -0.2) is 0 Å².